The molecule has 1 unspecified atom stereocenters. The molecule has 2 nitrogen and oxygen atoms in total. The van der Waals surface area contributed by atoms with Gasteiger partial charge in [0.05, 0.1) is 6.04 Å². The van der Waals surface area contributed by atoms with E-state index in [-0.39, 0.29) is 11.8 Å². The summed E-state index contributed by atoms with van der Waals surface area (Å²) in [7, 11) is 0. The Morgan fingerprint density at radius 1 is 1.14 bits per heavy atom. The summed E-state index contributed by atoms with van der Waals surface area (Å²) in [4.78, 5) is 11.8. The summed E-state index contributed by atoms with van der Waals surface area (Å²) in [6.07, 6.45) is 0. The number of benzene rings is 1. The second-order valence-electron chi connectivity index (χ2n) is 3.77. The van der Waals surface area contributed by atoms with Crippen LogP contribution < -0.4 is 5.32 Å². The molecule has 0 saturated heterocycles. The van der Waals surface area contributed by atoms with Gasteiger partial charge in [-0.05, 0) is 6.92 Å². The van der Waals surface area contributed by atoms with Crippen LogP contribution in [0.1, 0.15) is 31.1 Å². The summed E-state index contributed by atoms with van der Waals surface area (Å²) in [6, 6.07) is 9.60. The van der Waals surface area contributed by atoms with Gasteiger partial charge in [0.15, 0.2) is 5.78 Å². The lowest BCUT2D eigenvalue weighted by Crippen LogP contribution is -2.38. The molecule has 1 aromatic rings. The monoisotopic (exact) mass is 191 g/mol. The van der Waals surface area contributed by atoms with Gasteiger partial charge in [0, 0.05) is 11.6 Å². The first-order valence-electron chi connectivity index (χ1n) is 4.96. The van der Waals surface area contributed by atoms with E-state index in [1.165, 1.54) is 0 Å². The third kappa shape index (κ3) is 2.96. The van der Waals surface area contributed by atoms with Crippen LogP contribution in [-0.4, -0.2) is 17.9 Å². The van der Waals surface area contributed by atoms with Crippen LogP contribution in [0.2, 0.25) is 0 Å². The van der Waals surface area contributed by atoms with Crippen molar-refractivity contribution in [3.05, 3.63) is 35.9 Å². The van der Waals surface area contributed by atoms with E-state index >= 15 is 0 Å². The summed E-state index contributed by atoms with van der Waals surface area (Å²) >= 11 is 0. The third-order valence-electron chi connectivity index (χ3n) is 2.03. The van der Waals surface area contributed by atoms with E-state index in [1.54, 1.807) is 0 Å². The van der Waals surface area contributed by atoms with Crippen LogP contribution in [0.5, 0.6) is 0 Å². The van der Waals surface area contributed by atoms with Gasteiger partial charge >= 0.3 is 0 Å². The Balaban J connectivity index is 2.66. The Labute approximate surface area is 85.3 Å². The van der Waals surface area contributed by atoms with Crippen molar-refractivity contribution in [3.8, 4) is 0 Å². The molecule has 0 aliphatic carbocycles. The van der Waals surface area contributed by atoms with E-state index in [4.69, 9.17) is 0 Å². The lowest BCUT2D eigenvalue weighted by molar-refractivity contribution is 0.0946. The normalized spacial score (nSPS) is 12.9. The van der Waals surface area contributed by atoms with Crippen LogP contribution in [0.15, 0.2) is 30.3 Å². The topological polar surface area (TPSA) is 29.1 Å². The molecule has 0 aliphatic heterocycles. The summed E-state index contributed by atoms with van der Waals surface area (Å²) < 4.78 is 0. The highest BCUT2D eigenvalue weighted by molar-refractivity contribution is 5.99. The fourth-order valence-electron chi connectivity index (χ4n) is 1.43. The van der Waals surface area contributed by atoms with Gasteiger partial charge in [-0.15, -0.1) is 0 Å². The summed E-state index contributed by atoms with van der Waals surface area (Å²) in [5.74, 6) is 0.152. The highest BCUT2D eigenvalue weighted by Crippen LogP contribution is 2.03. The van der Waals surface area contributed by atoms with Crippen molar-refractivity contribution >= 4 is 5.78 Å². The number of Topliss-reactive ketones (excluding diaryl/α,β-unsaturated/α-hetero) is 1. The van der Waals surface area contributed by atoms with Crippen molar-refractivity contribution in [1.29, 1.82) is 0 Å². The molecule has 0 bridgehead atoms. The number of hydrogen-bond acceptors (Lipinski definition) is 2. The minimum Gasteiger partial charge on any atom is -0.305 e. The zero-order valence-electron chi connectivity index (χ0n) is 8.95. The average molecular weight is 191 g/mol. The maximum absolute atomic E-state index is 11.8. The predicted octanol–water partition coefficient (Wildman–Crippen LogP) is 2.26. The van der Waals surface area contributed by atoms with Crippen LogP contribution in [0.25, 0.3) is 0 Å². The van der Waals surface area contributed by atoms with E-state index in [1.807, 2.05) is 51.1 Å². The van der Waals surface area contributed by atoms with Gasteiger partial charge in [0.25, 0.3) is 0 Å². The maximum atomic E-state index is 11.8. The second-order valence-corrected chi connectivity index (χ2v) is 3.77. The molecule has 0 aromatic heterocycles. The summed E-state index contributed by atoms with van der Waals surface area (Å²) in [5, 5.41) is 3.19. The predicted molar refractivity (Wildman–Crippen MR) is 58.5 cm³/mol. The first-order chi connectivity index (χ1) is 6.61. The van der Waals surface area contributed by atoms with Crippen molar-refractivity contribution in [1.82, 2.24) is 5.32 Å². The fraction of sp³-hybridized carbons (Fsp3) is 0.417. The van der Waals surface area contributed by atoms with Gasteiger partial charge in [-0.3, -0.25) is 4.79 Å². The SMILES string of the molecule is CC(C)NC(C)C(=O)c1ccccc1. The number of rotatable bonds is 4. The largest absolute Gasteiger partial charge is 0.305 e. The smallest absolute Gasteiger partial charge is 0.179 e. The molecular weight excluding hydrogens is 174 g/mol. The molecule has 1 rings (SSSR count). The van der Waals surface area contributed by atoms with E-state index in [0.717, 1.165) is 5.56 Å². The van der Waals surface area contributed by atoms with Crippen molar-refractivity contribution in [3.63, 3.8) is 0 Å². The van der Waals surface area contributed by atoms with Crippen LogP contribution in [0.3, 0.4) is 0 Å². The number of carbonyl (C=O) groups excluding carboxylic acids is 1. The molecule has 0 aliphatic rings. The number of hydrogen-bond donors (Lipinski definition) is 1. The van der Waals surface area contributed by atoms with Crippen molar-refractivity contribution < 1.29 is 4.79 Å². The van der Waals surface area contributed by atoms with Gasteiger partial charge in [-0.2, -0.15) is 0 Å². The van der Waals surface area contributed by atoms with Gasteiger partial charge < -0.3 is 5.32 Å². The van der Waals surface area contributed by atoms with Crippen molar-refractivity contribution in [2.45, 2.75) is 32.9 Å². The van der Waals surface area contributed by atoms with Gasteiger partial charge in [-0.1, -0.05) is 44.2 Å². The zero-order chi connectivity index (χ0) is 10.6. The van der Waals surface area contributed by atoms with Crippen LogP contribution in [-0.2, 0) is 0 Å². The van der Waals surface area contributed by atoms with Gasteiger partial charge in [0.1, 0.15) is 0 Å². The Morgan fingerprint density at radius 3 is 2.21 bits per heavy atom. The lowest BCUT2D eigenvalue weighted by atomic mass is 10.1. The first kappa shape index (κ1) is 10.9. The van der Waals surface area contributed by atoms with Crippen LogP contribution >= 0.6 is 0 Å². The Morgan fingerprint density at radius 2 is 1.71 bits per heavy atom. The summed E-state index contributed by atoms with van der Waals surface area (Å²) in [6.45, 7) is 5.97. The average Bonchev–Trinajstić information content (AvgIpc) is 2.17. The molecule has 0 radical (unpaired) electrons. The first-order valence-corrected chi connectivity index (χ1v) is 4.96. The highest BCUT2D eigenvalue weighted by Gasteiger charge is 2.14. The number of carbonyl (C=O) groups is 1. The Hall–Kier alpha value is -1.15. The molecule has 76 valence electrons. The third-order valence-corrected chi connectivity index (χ3v) is 2.03. The molecule has 0 fully saturated rings. The van der Waals surface area contributed by atoms with E-state index in [2.05, 4.69) is 5.32 Å². The molecule has 0 heterocycles. The van der Waals surface area contributed by atoms with E-state index < -0.39 is 0 Å². The van der Waals surface area contributed by atoms with Crippen molar-refractivity contribution in [2.75, 3.05) is 0 Å². The minimum absolute atomic E-state index is 0.114. The quantitative estimate of drug-likeness (QED) is 0.740. The number of nitrogens with one attached hydrogen (secondary N) is 1. The van der Waals surface area contributed by atoms with Crippen LogP contribution in [0, 0.1) is 0 Å². The highest BCUT2D eigenvalue weighted by atomic mass is 16.1. The van der Waals surface area contributed by atoms with E-state index in [0.29, 0.717) is 6.04 Å². The van der Waals surface area contributed by atoms with E-state index in [9.17, 15) is 4.79 Å². The molecular formula is C12H17NO. The molecule has 1 aromatic carbocycles. The molecule has 1 N–H and O–H groups in total. The Bertz CT molecular complexity index is 292. The fourth-order valence-corrected chi connectivity index (χ4v) is 1.43. The Kier molecular flexibility index (Phi) is 3.84. The summed E-state index contributed by atoms with van der Waals surface area (Å²) in [5.41, 5.74) is 0.771. The standard InChI is InChI=1S/C12H17NO/c1-9(2)13-10(3)12(14)11-7-5-4-6-8-11/h4-10,13H,1-3H3. The second kappa shape index (κ2) is 4.91. The molecule has 14 heavy (non-hydrogen) atoms. The van der Waals surface area contributed by atoms with Gasteiger partial charge in [0.2, 0.25) is 0 Å². The lowest BCUT2D eigenvalue weighted by Gasteiger charge is -2.15. The molecule has 0 spiro atoms. The molecule has 2 heteroatoms. The van der Waals surface area contributed by atoms with Crippen LogP contribution in [0.4, 0.5) is 0 Å². The number of ketones is 1. The van der Waals surface area contributed by atoms with Gasteiger partial charge in [-0.25, -0.2) is 0 Å². The van der Waals surface area contributed by atoms with Crippen molar-refractivity contribution in [2.24, 2.45) is 0 Å². The zero-order valence-corrected chi connectivity index (χ0v) is 8.95. The maximum Gasteiger partial charge on any atom is 0.179 e. The minimum atomic E-state index is -0.114. The molecule has 0 saturated carbocycles. The molecule has 1 atom stereocenters. The molecule has 0 amide bonds.